The van der Waals surface area contributed by atoms with Crippen LogP contribution < -0.4 is 14.2 Å². The summed E-state index contributed by atoms with van der Waals surface area (Å²) in [4.78, 5) is 4.61. The smallest absolute Gasteiger partial charge is 0.238 e. The van der Waals surface area contributed by atoms with E-state index in [-0.39, 0.29) is 5.88 Å². The number of halogens is 1. The monoisotopic (exact) mass is 548 g/mol. The summed E-state index contributed by atoms with van der Waals surface area (Å²) in [7, 11) is 3.22. The molecule has 4 aromatic carbocycles. The van der Waals surface area contributed by atoms with E-state index < -0.39 is 0 Å². The van der Waals surface area contributed by atoms with Crippen molar-refractivity contribution in [2.75, 3.05) is 14.2 Å². The number of benzene rings is 4. The van der Waals surface area contributed by atoms with Gasteiger partial charge in [-0.15, -0.1) is 0 Å². The van der Waals surface area contributed by atoms with Gasteiger partial charge in [0.25, 0.3) is 0 Å². The van der Waals surface area contributed by atoms with E-state index in [0.717, 1.165) is 28.0 Å². The first-order valence-corrected chi connectivity index (χ1v) is 12.8. The molecule has 0 fully saturated rings. The zero-order valence-electron chi connectivity index (χ0n) is 21.9. The van der Waals surface area contributed by atoms with E-state index in [0.29, 0.717) is 40.0 Å². The molecule has 0 bridgehead atoms. The van der Waals surface area contributed by atoms with Gasteiger partial charge in [-0.1, -0.05) is 48.0 Å². The molecule has 0 unspecified atom stereocenters. The first-order valence-electron chi connectivity index (χ1n) is 12.5. The largest absolute Gasteiger partial charge is 0.497 e. The van der Waals surface area contributed by atoms with Crippen LogP contribution in [0.5, 0.6) is 17.2 Å². The number of hydrogen-bond donors (Lipinski definition) is 0. The van der Waals surface area contributed by atoms with Crippen molar-refractivity contribution in [3.63, 3.8) is 0 Å². The first-order chi connectivity index (χ1) is 19.6. The molecule has 5 rings (SSSR count). The predicted octanol–water partition coefficient (Wildman–Crippen LogP) is 8.49. The normalized spacial score (nSPS) is 10.8. The van der Waals surface area contributed by atoms with Crippen LogP contribution in [0.1, 0.15) is 16.7 Å². The maximum absolute atomic E-state index is 10.2. The summed E-state index contributed by atoms with van der Waals surface area (Å²) in [5.41, 5.74) is 4.25. The number of nitrogens with zero attached hydrogens (tertiary/aromatic N) is 2. The standard InChI is InChI=1S/C33H25ClN2O4/c1-37-27-14-10-23(11-15-27)31-29(19-35)33(40-32(31)24-12-16-28(38-2)17-13-24)36-20-25-7-3-4-9-30(25)39-21-22-6-5-8-26(34)18-22/h3-18,20H,21H2,1-2H3. The summed E-state index contributed by atoms with van der Waals surface area (Å²) in [5, 5.41) is 10.9. The molecule has 0 aliphatic carbocycles. The molecule has 0 aliphatic rings. The van der Waals surface area contributed by atoms with E-state index >= 15 is 0 Å². The molecule has 40 heavy (non-hydrogen) atoms. The van der Waals surface area contributed by atoms with Gasteiger partial charge in [-0.25, -0.2) is 4.99 Å². The number of furan rings is 1. The maximum atomic E-state index is 10.2. The fraction of sp³-hybridized carbons (Fsp3) is 0.0909. The van der Waals surface area contributed by atoms with Gasteiger partial charge in [0.05, 0.1) is 14.2 Å². The van der Waals surface area contributed by atoms with E-state index in [1.807, 2.05) is 97.1 Å². The molecule has 0 saturated heterocycles. The Balaban J connectivity index is 1.53. The van der Waals surface area contributed by atoms with Crippen LogP contribution in [0, 0.1) is 11.3 Å². The Hall–Kier alpha value is -4.99. The Kier molecular flexibility index (Phi) is 8.15. The quantitative estimate of drug-likeness (QED) is 0.173. The fourth-order valence-corrected chi connectivity index (χ4v) is 4.44. The minimum Gasteiger partial charge on any atom is -0.497 e. The molecule has 198 valence electrons. The molecule has 0 spiro atoms. The Labute approximate surface area is 237 Å². The van der Waals surface area contributed by atoms with Crippen molar-refractivity contribution in [3.05, 3.63) is 119 Å². The molecule has 0 saturated carbocycles. The van der Waals surface area contributed by atoms with E-state index in [4.69, 9.17) is 30.2 Å². The SMILES string of the molecule is COc1ccc(-c2oc(N=Cc3ccccc3OCc3cccc(Cl)c3)c(C#N)c2-c2ccc(OC)cc2)cc1. The second kappa shape index (κ2) is 12.2. The Bertz CT molecular complexity index is 1680. The minimum atomic E-state index is 0.198. The van der Waals surface area contributed by atoms with Gasteiger partial charge in [0.1, 0.15) is 41.2 Å². The number of methoxy groups -OCH3 is 2. The minimum absolute atomic E-state index is 0.198. The topological polar surface area (TPSA) is 77.0 Å². The highest BCUT2D eigenvalue weighted by molar-refractivity contribution is 6.30. The average molecular weight is 549 g/mol. The van der Waals surface area contributed by atoms with Gasteiger partial charge >= 0.3 is 0 Å². The third kappa shape index (κ3) is 5.85. The zero-order chi connectivity index (χ0) is 27.9. The second-order valence-corrected chi connectivity index (χ2v) is 9.21. The van der Waals surface area contributed by atoms with E-state index in [1.54, 1.807) is 20.4 Å². The number of hydrogen-bond acceptors (Lipinski definition) is 6. The number of nitriles is 1. The van der Waals surface area contributed by atoms with Crippen molar-refractivity contribution in [2.24, 2.45) is 4.99 Å². The third-order valence-corrected chi connectivity index (χ3v) is 6.49. The van der Waals surface area contributed by atoms with Crippen molar-refractivity contribution in [2.45, 2.75) is 6.61 Å². The van der Waals surface area contributed by atoms with Crippen LogP contribution in [-0.4, -0.2) is 20.4 Å². The molecule has 0 aliphatic heterocycles. The van der Waals surface area contributed by atoms with Gasteiger partial charge in [-0.05, 0) is 71.8 Å². The van der Waals surface area contributed by atoms with Crippen LogP contribution in [0.4, 0.5) is 5.88 Å². The molecular weight excluding hydrogens is 524 g/mol. The van der Waals surface area contributed by atoms with E-state index in [9.17, 15) is 5.26 Å². The molecule has 5 aromatic rings. The summed E-state index contributed by atoms with van der Waals surface area (Å²) in [5.74, 6) is 2.80. The number of ether oxygens (including phenoxy) is 3. The van der Waals surface area contributed by atoms with Crippen molar-refractivity contribution in [1.29, 1.82) is 5.26 Å². The van der Waals surface area contributed by atoms with Crippen molar-refractivity contribution < 1.29 is 18.6 Å². The maximum Gasteiger partial charge on any atom is 0.238 e. The summed E-state index contributed by atoms with van der Waals surface area (Å²) in [6.07, 6.45) is 1.64. The Morgan fingerprint density at radius 1 is 0.850 bits per heavy atom. The van der Waals surface area contributed by atoms with Crippen LogP contribution in [0.15, 0.2) is 106 Å². The van der Waals surface area contributed by atoms with E-state index in [1.165, 1.54) is 0 Å². The molecule has 0 atom stereocenters. The van der Waals surface area contributed by atoms with Crippen LogP contribution in [0.2, 0.25) is 5.02 Å². The van der Waals surface area contributed by atoms with Crippen LogP contribution in [0.3, 0.4) is 0 Å². The highest BCUT2D eigenvalue weighted by Gasteiger charge is 2.23. The summed E-state index contributed by atoms with van der Waals surface area (Å²) in [6.45, 7) is 0.346. The van der Waals surface area contributed by atoms with Crippen molar-refractivity contribution in [1.82, 2.24) is 0 Å². The highest BCUT2D eigenvalue weighted by atomic mass is 35.5. The van der Waals surface area contributed by atoms with Gasteiger partial charge in [-0.3, -0.25) is 0 Å². The van der Waals surface area contributed by atoms with Crippen molar-refractivity contribution in [3.8, 4) is 45.8 Å². The lowest BCUT2D eigenvalue weighted by molar-refractivity contribution is 0.306. The lowest BCUT2D eigenvalue weighted by atomic mass is 9.98. The molecule has 0 amide bonds. The highest BCUT2D eigenvalue weighted by Crippen LogP contribution is 2.43. The fourth-order valence-electron chi connectivity index (χ4n) is 4.23. The van der Waals surface area contributed by atoms with Gasteiger partial charge in [0.15, 0.2) is 0 Å². The Morgan fingerprint density at radius 3 is 2.17 bits per heavy atom. The molecule has 1 heterocycles. The summed E-state index contributed by atoms with van der Waals surface area (Å²) < 4.78 is 23.0. The van der Waals surface area contributed by atoms with Gasteiger partial charge in [0, 0.05) is 27.9 Å². The number of rotatable bonds is 9. The van der Waals surface area contributed by atoms with Gasteiger partial charge in [0.2, 0.25) is 5.88 Å². The molecule has 0 N–H and O–H groups in total. The van der Waals surface area contributed by atoms with Crippen molar-refractivity contribution >= 4 is 23.7 Å². The first kappa shape index (κ1) is 26.6. The summed E-state index contributed by atoms with van der Waals surface area (Å²) >= 11 is 6.11. The average Bonchev–Trinajstić information content (AvgIpc) is 3.38. The molecule has 1 aromatic heterocycles. The zero-order valence-corrected chi connectivity index (χ0v) is 22.7. The molecule has 0 radical (unpaired) electrons. The van der Waals surface area contributed by atoms with Gasteiger partial charge in [-0.2, -0.15) is 5.26 Å². The molecule has 6 nitrogen and oxygen atoms in total. The van der Waals surface area contributed by atoms with E-state index in [2.05, 4.69) is 11.1 Å². The molecule has 7 heteroatoms. The second-order valence-electron chi connectivity index (χ2n) is 8.77. The number of aliphatic imine (C=N–C) groups is 1. The lowest BCUT2D eigenvalue weighted by Gasteiger charge is -2.09. The number of para-hydroxylation sites is 1. The summed E-state index contributed by atoms with van der Waals surface area (Å²) in [6, 6.07) is 32.3. The van der Waals surface area contributed by atoms with Crippen LogP contribution >= 0.6 is 11.6 Å². The Morgan fingerprint density at radius 2 is 1.52 bits per heavy atom. The van der Waals surface area contributed by atoms with Crippen LogP contribution in [0.25, 0.3) is 22.5 Å². The van der Waals surface area contributed by atoms with Crippen LogP contribution in [-0.2, 0) is 6.61 Å². The molecular formula is C33H25ClN2O4. The third-order valence-electron chi connectivity index (χ3n) is 6.26. The predicted molar refractivity (Wildman–Crippen MR) is 157 cm³/mol. The van der Waals surface area contributed by atoms with Gasteiger partial charge < -0.3 is 18.6 Å². The lowest BCUT2D eigenvalue weighted by Crippen LogP contribution is -1.98.